The zero-order chi connectivity index (χ0) is 12.8. The molecule has 0 N–H and O–H groups in total. The molecule has 1 fully saturated rings. The summed E-state index contributed by atoms with van der Waals surface area (Å²) in [7, 11) is 1.39. The van der Waals surface area contributed by atoms with Crippen molar-refractivity contribution in [2.75, 3.05) is 13.7 Å². The van der Waals surface area contributed by atoms with Crippen LogP contribution in [-0.4, -0.2) is 25.8 Å². The van der Waals surface area contributed by atoms with Crippen LogP contribution in [0.2, 0.25) is 0 Å². The number of esters is 1. The molecule has 3 heteroatoms. The van der Waals surface area contributed by atoms with Gasteiger partial charge in [-0.2, -0.15) is 0 Å². The molecule has 1 rings (SSSR count). The molecule has 0 amide bonds. The minimum atomic E-state index is -0.278. The van der Waals surface area contributed by atoms with Gasteiger partial charge in [-0.25, -0.2) is 4.79 Å². The maximum absolute atomic E-state index is 11.1. The molecule has 1 aliphatic rings. The second-order valence-electron chi connectivity index (χ2n) is 5.10. The molecule has 0 aliphatic heterocycles. The zero-order valence-electron chi connectivity index (χ0n) is 11.4. The van der Waals surface area contributed by atoms with Gasteiger partial charge in [0, 0.05) is 5.57 Å². The summed E-state index contributed by atoms with van der Waals surface area (Å²) in [4.78, 5) is 11.1. The van der Waals surface area contributed by atoms with E-state index in [1.165, 1.54) is 13.5 Å². The van der Waals surface area contributed by atoms with Crippen molar-refractivity contribution in [2.45, 2.75) is 46.1 Å². The van der Waals surface area contributed by atoms with Crippen LogP contribution in [0.15, 0.2) is 11.6 Å². The first-order chi connectivity index (χ1) is 8.04. The van der Waals surface area contributed by atoms with E-state index in [4.69, 9.17) is 4.74 Å². The number of methoxy groups -OCH3 is 1. The molecule has 0 bridgehead atoms. The fourth-order valence-corrected chi connectivity index (χ4v) is 2.20. The van der Waals surface area contributed by atoms with Crippen molar-refractivity contribution in [3.63, 3.8) is 0 Å². The summed E-state index contributed by atoms with van der Waals surface area (Å²) in [6.45, 7) is 6.85. The van der Waals surface area contributed by atoms with Gasteiger partial charge in [-0.05, 0) is 44.1 Å². The zero-order valence-corrected chi connectivity index (χ0v) is 11.4. The predicted molar refractivity (Wildman–Crippen MR) is 67.7 cm³/mol. The Bertz CT molecular complexity index is 283. The number of carbonyl (C=O) groups excluding carboxylic acids is 1. The van der Waals surface area contributed by atoms with E-state index < -0.39 is 0 Å². The molecule has 0 radical (unpaired) electrons. The molecule has 0 aromatic heterocycles. The van der Waals surface area contributed by atoms with Crippen molar-refractivity contribution in [3.8, 4) is 0 Å². The van der Waals surface area contributed by atoms with Crippen LogP contribution < -0.4 is 0 Å². The van der Waals surface area contributed by atoms with Gasteiger partial charge in [-0.1, -0.05) is 13.8 Å². The number of ether oxygens (including phenoxy) is 2. The highest BCUT2D eigenvalue weighted by molar-refractivity contribution is 5.87. The topological polar surface area (TPSA) is 35.5 Å². The minimum Gasteiger partial charge on any atom is -0.466 e. The average Bonchev–Trinajstić information content (AvgIpc) is 2.32. The third-order valence-electron chi connectivity index (χ3n) is 3.78. The number of rotatable bonds is 4. The van der Waals surface area contributed by atoms with Gasteiger partial charge in [-0.15, -0.1) is 0 Å². The van der Waals surface area contributed by atoms with Crippen LogP contribution in [-0.2, 0) is 14.3 Å². The Morgan fingerprint density at radius 3 is 2.59 bits per heavy atom. The molecule has 0 aromatic rings. The van der Waals surface area contributed by atoms with Crippen LogP contribution in [0.25, 0.3) is 0 Å². The first-order valence-electron chi connectivity index (χ1n) is 6.41. The Labute approximate surface area is 104 Å². The summed E-state index contributed by atoms with van der Waals surface area (Å²) in [5, 5.41) is 0. The lowest BCUT2D eigenvalue weighted by Crippen LogP contribution is -2.26. The number of carbonyl (C=O) groups is 1. The summed E-state index contributed by atoms with van der Waals surface area (Å²) >= 11 is 0. The fourth-order valence-electron chi connectivity index (χ4n) is 2.20. The lowest BCUT2D eigenvalue weighted by atomic mass is 9.80. The van der Waals surface area contributed by atoms with Gasteiger partial charge in [0.05, 0.1) is 19.8 Å². The summed E-state index contributed by atoms with van der Waals surface area (Å²) in [6.07, 6.45) is 5.66. The molecule has 98 valence electrons. The summed E-state index contributed by atoms with van der Waals surface area (Å²) in [5.41, 5.74) is 0.615. The SMILES string of the molecule is COC(=O)C(C)=CCOC1CCC(C)C(C)C1. The van der Waals surface area contributed by atoms with E-state index in [0.29, 0.717) is 18.3 Å². The molecule has 17 heavy (non-hydrogen) atoms. The Hall–Kier alpha value is -0.830. The molecule has 3 unspecified atom stereocenters. The van der Waals surface area contributed by atoms with Crippen LogP contribution in [0.4, 0.5) is 0 Å². The highest BCUT2D eigenvalue weighted by Crippen LogP contribution is 2.30. The van der Waals surface area contributed by atoms with E-state index >= 15 is 0 Å². The molecular formula is C14H24O3. The van der Waals surface area contributed by atoms with E-state index in [1.54, 1.807) is 13.0 Å². The molecule has 0 saturated heterocycles. The number of hydrogen-bond donors (Lipinski definition) is 0. The van der Waals surface area contributed by atoms with Crippen molar-refractivity contribution >= 4 is 5.97 Å². The fraction of sp³-hybridized carbons (Fsp3) is 0.786. The highest BCUT2D eigenvalue weighted by Gasteiger charge is 2.24. The van der Waals surface area contributed by atoms with Gasteiger partial charge >= 0.3 is 5.97 Å². The van der Waals surface area contributed by atoms with Gasteiger partial charge in [0.25, 0.3) is 0 Å². The Morgan fingerprint density at radius 1 is 1.29 bits per heavy atom. The summed E-state index contributed by atoms with van der Waals surface area (Å²) in [6, 6.07) is 0. The van der Waals surface area contributed by atoms with Crippen molar-refractivity contribution in [1.82, 2.24) is 0 Å². The van der Waals surface area contributed by atoms with Gasteiger partial charge in [0.1, 0.15) is 0 Å². The van der Waals surface area contributed by atoms with Gasteiger partial charge in [0.15, 0.2) is 0 Å². The molecule has 1 saturated carbocycles. The molecular weight excluding hydrogens is 216 g/mol. The van der Waals surface area contributed by atoms with Crippen LogP contribution in [0.3, 0.4) is 0 Å². The minimum absolute atomic E-state index is 0.278. The monoisotopic (exact) mass is 240 g/mol. The average molecular weight is 240 g/mol. The largest absolute Gasteiger partial charge is 0.466 e. The summed E-state index contributed by atoms with van der Waals surface area (Å²) in [5.74, 6) is 1.26. The van der Waals surface area contributed by atoms with E-state index in [2.05, 4.69) is 18.6 Å². The quantitative estimate of drug-likeness (QED) is 0.560. The molecule has 3 nitrogen and oxygen atoms in total. The van der Waals surface area contributed by atoms with E-state index in [0.717, 1.165) is 24.7 Å². The first kappa shape index (κ1) is 14.2. The predicted octanol–water partition coefficient (Wildman–Crippen LogP) is 2.95. The van der Waals surface area contributed by atoms with E-state index in [1.807, 2.05) is 0 Å². The Morgan fingerprint density at radius 2 is 2.00 bits per heavy atom. The van der Waals surface area contributed by atoms with Crippen LogP contribution in [0.1, 0.15) is 40.0 Å². The summed E-state index contributed by atoms with van der Waals surface area (Å²) < 4.78 is 10.4. The molecule has 1 aliphatic carbocycles. The Kier molecular flexibility index (Phi) is 5.69. The van der Waals surface area contributed by atoms with Crippen molar-refractivity contribution in [3.05, 3.63) is 11.6 Å². The molecule has 0 heterocycles. The molecule has 3 atom stereocenters. The smallest absolute Gasteiger partial charge is 0.333 e. The lowest BCUT2D eigenvalue weighted by Gasteiger charge is -2.31. The second-order valence-corrected chi connectivity index (χ2v) is 5.10. The van der Waals surface area contributed by atoms with E-state index in [-0.39, 0.29) is 5.97 Å². The first-order valence-corrected chi connectivity index (χ1v) is 6.41. The third kappa shape index (κ3) is 4.50. The van der Waals surface area contributed by atoms with Crippen molar-refractivity contribution in [1.29, 1.82) is 0 Å². The standard InChI is InChI=1S/C14H24O3/c1-10-5-6-13(9-12(10)3)17-8-7-11(2)14(15)16-4/h7,10,12-13H,5-6,8-9H2,1-4H3. The van der Waals surface area contributed by atoms with Gasteiger partial charge in [0.2, 0.25) is 0 Å². The maximum Gasteiger partial charge on any atom is 0.333 e. The lowest BCUT2D eigenvalue weighted by molar-refractivity contribution is -0.136. The number of hydrogen-bond acceptors (Lipinski definition) is 3. The van der Waals surface area contributed by atoms with Gasteiger partial charge in [-0.3, -0.25) is 0 Å². The molecule has 0 aromatic carbocycles. The Balaban J connectivity index is 2.30. The van der Waals surface area contributed by atoms with E-state index in [9.17, 15) is 4.79 Å². The normalized spacial score (nSPS) is 30.1. The van der Waals surface area contributed by atoms with Crippen LogP contribution in [0, 0.1) is 11.8 Å². The maximum atomic E-state index is 11.1. The van der Waals surface area contributed by atoms with Crippen LogP contribution >= 0.6 is 0 Å². The second kappa shape index (κ2) is 6.80. The van der Waals surface area contributed by atoms with Gasteiger partial charge < -0.3 is 9.47 Å². The third-order valence-corrected chi connectivity index (χ3v) is 3.78. The highest BCUT2D eigenvalue weighted by atomic mass is 16.5. The van der Waals surface area contributed by atoms with Crippen LogP contribution in [0.5, 0.6) is 0 Å². The van der Waals surface area contributed by atoms with Crippen molar-refractivity contribution in [2.24, 2.45) is 11.8 Å². The van der Waals surface area contributed by atoms with Crippen molar-refractivity contribution < 1.29 is 14.3 Å². The molecule has 0 spiro atoms.